The van der Waals surface area contributed by atoms with Crippen molar-refractivity contribution in [2.24, 2.45) is 0 Å². The Morgan fingerprint density at radius 1 is 1.27 bits per heavy atom. The van der Waals surface area contributed by atoms with Gasteiger partial charge in [0, 0.05) is 44.3 Å². The molecule has 0 bridgehead atoms. The molecule has 2 aromatic rings. The molecule has 116 valence electrons. The van der Waals surface area contributed by atoms with Gasteiger partial charge in [-0.3, -0.25) is 0 Å². The van der Waals surface area contributed by atoms with Crippen LogP contribution in [0.1, 0.15) is 24.5 Å². The first-order chi connectivity index (χ1) is 10.7. The summed E-state index contributed by atoms with van der Waals surface area (Å²) in [5.74, 6) is 1.02. The van der Waals surface area contributed by atoms with E-state index in [1.54, 1.807) is 0 Å². The van der Waals surface area contributed by atoms with Crippen molar-refractivity contribution in [3.63, 3.8) is 0 Å². The molecule has 1 aliphatic rings. The van der Waals surface area contributed by atoms with Crippen LogP contribution >= 0.6 is 0 Å². The van der Waals surface area contributed by atoms with E-state index in [1.807, 2.05) is 18.3 Å². The molecule has 1 aliphatic heterocycles. The number of fused-ring (bicyclic) bond motifs is 1. The molecule has 1 aromatic heterocycles. The molecule has 4 heteroatoms. The van der Waals surface area contributed by atoms with Gasteiger partial charge in [0.25, 0.3) is 0 Å². The first kappa shape index (κ1) is 14.7. The summed E-state index contributed by atoms with van der Waals surface area (Å²) in [5, 5.41) is 0. The highest BCUT2D eigenvalue weighted by molar-refractivity contribution is 5.66. The minimum atomic E-state index is 0.888. The molecule has 0 fully saturated rings. The van der Waals surface area contributed by atoms with Crippen molar-refractivity contribution < 1.29 is 0 Å². The number of rotatable bonds is 4. The van der Waals surface area contributed by atoms with Crippen molar-refractivity contribution in [2.45, 2.75) is 26.3 Å². The molecule has 2 N–H and O–H groups in total. The molecule has 2 heterocycles. The number of hydrogen-bond donors (Lipinski definition) is 1. The molecule has 1 aromatic carbocycles. The van der Waals surface area contributed by atoms with Crippen molar-refractivity contribution in [1.29, 1.82) is 0 Å². The average Bonchev–Trinajstić information content (AvgIpc) is 2.56. The van der Waals surface area contributed by atoms with Gasteiger partial charge in [0.05, 0.1) is 0 Å². The van der Waals surface area contributed by atoms with Crippen LogP contribution in [0, 0.1) is 0 Å². The summed E-state index contributed by atoms with van der Waals surface area (Å²) in [7, 11) is 2.06. The molecule has 0 unspecified atom stereocenters. The largest absolute Gasteiger partial charge is 0.398 e. The molecule has 0 radical (unpaired) electrons. The van der Waals surface area contributed by atoms with Crippen molar-refractivity contribution in [3.05, 3.63) is 47.7 Å². The van der Waals surface area contributed by atoms with Crippen molar-refractivity contribution in [2.75, 3.05) is 35.7 Å². The second-order valence-corrected chi connectivity index (χ2v) is 5.91. The van der Waals surface area contributed by atoms with E-state index in [2.05, 4.69) is 47.0 Å². The van der Waals surface area contributed by atoms with Crippen LogP contribution in [0.3, 0.4) is 0 Å². The summed E-state index contributed by atoms with van der Waals surface area (Å²) >= 11 is 0. The fraction of sp³-hybridized carbons (Fsp3) is 0.389. The topological polar surface area (TPSA) is 45.4 Å². The third-order valence-corrected chi connectivity index (χ3v) is 4.43. The summed E-state index contributed by atoms with van der Waals surface area (Å²) in [6.07, 6.45) is 4.23. The van der Waals surface area contributed by atoms with Crippen LogP contribution < -0.4 is 15.5 Å². The van der Waals surface area contributed by atoms with Crippen LogP contribution in [0.5, 0.6) is 0 Å². The minimum Gasteiger partial charge on any atom is -0.398 e. The van der Waals surface area contributed by atoms with Gasteiger partial charge >= 0.3 is 0 Å². The van der Waals surface area contributed by atoms with Crippen LogP contribution in [0.15, 0.2) is 36.5 Å². The molecule has 0 atom stereocenters. The van der Waals surface area contributed by atoms with Gasteiger partial charge in [-0.15, -0.1) is 0 Å². The minimum absolute atomic E-state index is 0.888. The Kier molecular flexibility index (Phi) is 4.18. The summed E-state index contributed by atoms with van der Waals surface area (Å²) in [6.45, 7) is 5.06. The van der Waals surface area contributed by atoms with Crippen LogP contribution in [0.4, 0.5) is 17.2 Å². The van der Waals surface area contributed by atoms with Gasteiger partial charge in [-0.2, -0.15) is 0 Å². The molecule has 0 spiro atoms. The third-order valence-electron chi connectivity index (χ3n) is 4.43. The van der Waals surface area contributed by atoms with Gasteiger partial charge in [0.2, 0.25) is 0 Å². The number of anilines is 3. The number of nitrogens with zero attached hydrogens (tertiary/aromatic N) is 3. The molecule has 0 amide bonds. The van der Waals surface area contributed by atoms with E-state index in [4.69, 9.17) is 5.73 Å². The molecule has 22 heavy (non-hydrogen) atoms. The molecule has 3 rings (SSSR count). The van der Waals surface area contributed by atoms with E-state index < -0.39 is 0 Å². The maximum atomic E-state index is 6.12. The third kappa shape index (κ3) is 2.86. The van der Waals surface area contributed by atoms with Crippen molar-refractivity contribution in [1.82, 2.24) is 4.98 Å². The first-order valence-corrected chi connectivity index (χ1v) is 7.97. The van der Waals surface area contributed by atoms with Crippen LogP contribution in [-0.2, 0) is 13.0 Å². The summed E-state index contributed by atoms with van der Waals surface area (Å²) in [6, 6.07) is 10.5. The highest BCUT2D eigenvalue weighted by Crippen LogP contribution is 2.32. The number of nitrogens with two attached hydrogens (primary N) is 1. The monoisotopic (exact) mass is 296 g/mol. The standard InChI is InChI=1S/C18H24N4/c1-3-21(2)18-10-9-14(12-20-18)13-22-11-5-6-15-16(19)7-4-8-17(15)22/h4,7-10,12H,3,5-6,11,13,19H2,1-2H3. The van der Waals surface area contributed by atoms with Crippen LogP contribution in [-0.4, -0.2) is 25.1 Å². The molecule has 0 saturated heterocycles. The number of nitrogen functional groups attached to an aromatic ring is 1. The smallest absolute Gasteiger partial charge is 0.128 e. The van der Waals surface area contributed by atoms with Crippen LogP contribution in [0.25, 0.3) is 0 Å². The fourth-order valence-corrected chi connectivity index (χ4v) is 3.01. The quantitative estimate of drug-likeness (QED) is 0.881. The Morgan fingerprint density at radius 3 is 2.86 bits per heavy atom. The molecule has 0 aliphatic carbocycles. The van der Waals surface area contributed by atoms with E-state index in [0.29, 0.717) is 0 Å². The Balaban J connectivity index is 1.79. The number of aromatic nitrogens is 1. The van der Waals surface area contributed by atoms with Gasteiger partial charge in [-0.1, -0.05) is 12.1 Å². The zero-order valence-electron chi connectivity index (χ0n) is 13.4. The predicted octanol–water partition coefficient (Wildman–Crippen LogP) is 3.07. The van der Waals surface area contributed by atoms with Gasteiger partial charge in [-0.25, -0.2) is 4.98 Å². The highest BCUT2D eigenvalue weighted by atomic mass is 15.2. The molecular weight excluding hydrogens is 272 g/mol. The lowest BCUT2D eigenvalue weighted by atomic mass is 9.99. The van der Waals surface area contributed by atoms with Crippen LogP contribution in [0.2, 0.25) is 0 Å². The van der Waals surface area contributed by atoms with Crippen molar-refractivity contribution >= 4 is 17.2 Å². The van der Waals surface area contributed by atoms with Gasteiger partial charge in [0.1, 0.15) is 5.82 Å². The Labute approximate surface area is 132 Å². The molecular formula is C18H24N4. The summed E-state index contributed by atoms with van der Waals surface area (Å²) in [4.78, 5) is 9.11. The predicted molar refractivity (Wildman–Crippen MR) is 93.4 cm³/mol. The second kappa shape index (κ2) is 6.26. The van der Waals surface area contributed by atoms with Gasteiger partial charge < -0.3 is 15.5 Å². The summed E-state index contributed by atoms with van der Waals surface area (Å²) in [5.41, 5.74) is 10.9. The maximum absolute atomic E-state index is 6.12. The van der Waals surface area contributed by atoms with E-state index >= 15 is 0 Å². The lowest BCUT2D eigenvalue weighted by Gasteiger charge is -2.32. The summed E-state index contributed by atoms with van der Waals surface area (Å²) < 4.78 is 0. The van der Waals surface area contributed by atoms with Gasteiger partial charge in [0.15, 0.2) is 0 Å². The maximum Gasteiger partial charge on any atom is 0.128 e. The Bertz CT molecular complexity index is 636. The molecule has 4 nitrogen and oxygen atoms in total. The normalized spacial score (nSPS) is 13.8. The van der Waals surface area contributed by atoms with Crippen molar-refractivity contribution in [3.8, 4) is 0 Å². The zero-order chi connectivity index (χ0) is 15.5. The average molecular weight is 296 g/mol. The van der Waals surface area contributed by atoms with E-state index in [9.17, 15) is 0 Å². The highest BCUT2D eigenvalue weighted by Gasteiger charge is 2.18. The Morgan fingerprint density at radius 2 is 2.14 bits per heavy atom. The second-order valence-electron chi connectivity index (χ2n) is 5.91. The fourth-order valence-electron chi connectivity index (χ4n) is 3.01. The lowest BCUT2D eigenvalue weighted by molar-refractivity contribution is 0.691. The number of hydrogen-bond acceptors (Lipinski definition) is 4. The van der Waals surface area contributed by atoms with E-state index in [-0.39, 0.29) is 0 Å². The molecule has 0 saturated carbocycles. The number of benzene rings is 1. The first-order valence-electron chi connectivity index (χ1n) is 7.97. The van der Waals surface area contributed by atoms with E-state index in [1.165, 1.54) is 16.8 Å². The SMILES string of the molecule is CCN(C)c1ccc(CN2CCCc3c(N)cccc32)cn1. The Hall–Kier alpha value is -2.23. The number of pyridine rings is 1. The lowest BCUT2D eigenvalue weighted by Crippen LogP contribution is -2.29. The van der Waals surface area contributed by atoms with E-state index in [0.717, 1.165) is 44.0 Å². The van der Waals surface area contributed by atoms with Gasteiger partial charge in [-0.05, 0) is 49.1 Å². The zero-order valence-corrected chi connectivity index (χ0v) is 13.4.